The Morgan fingerprint density at radius 1 is 1.19 bits per heavy atom. The molecule has 0 saturated heterocycles. The first-order chi connectivity index (χ1) is 12.9. The summed E-state index contributed by atoms with van der Waals surface area (Å²) in [5.41, 5.74) is 2.88. The molecule has 3 rings (SSSR count). The number of hydrogen-bond donors (Lipinski definition) is 1. The number of ether oxygens (including phenoxy) is 1. The Hall–Kier alpha value is -2.69. The number of nitrogens with zero attached hydrogens (tertiary/aromatic N) is 1. The zero-order chi connectivity index (χ0) is 19.8. The summed E-state index contributed by atoms with van der Waals surface area (Å²) in [6.45, 7) is 6.30. The summed E-state index contributed by atoms with van der Waals surface area (Å²) in [5, 5.41) is 7.59. The molecule has 5 heteroatoms. The van der Waals surface area contributed by atoms with Crippen LogP contribution < -0.4 is 9.64 Å². The van der Waals surface area contributed by atoms with Crippen LogP contribution >= 0.6 is 0 Å². The van der Waals surface area contributed by atoms with E-state index in [1.54, 1.807) is 32.2 Å². The van der Waals surface area contributed by atoms with Gasteiger partial charge in [0.25, 0.3) is 0 Å². The van der Waals surface area contributed by atoms with Crippen LogP contribution in [0.1, 0.15) is 30.5 Å². The summed E-state index contributed by atoms with van der Waals surface area (Å²) in [7, 11) is 1.61. The van der Waals surface area contributed by atoms with Crippen LogP contribution in [0.15, 0.2) is 42.1 Å². The van der Waals surface area contributed by atoms with Crippen LogP contribution in [0.2, 0.25) is 0 Å². The molecule has 0 aromatic heterocycles. The monoisotopic (exact) mass is 370 g/mol. The maximum absolute atomic E-state index is 14.6. The van der Waals surface area contributed by atoms with Crippen LogP contribution in [0.3, 0.4) is 0 Å². The summed E-state index contributed by atoms with van der Waals surface area (Å²) >= 11 is 0. The van der Waals surface area contributed by atoms with Crippen LogP contribution in [0.25, 0.3) is 0 Å². The van der Waals surface area contributed by atoms with E-state index in [1.165, 1.54) is 6.21 Å². The second-order valence-electron chi connectivity index (χ2n) is 7.02. The highest BCUT2D eigenvalue weighted by molar-refractivity contribution is 5.79. The molecule has 3 nitrogen and oxygen atoms in total. The molecule has 0 saturated carbocycles. The molecule has 1 aliphatic rings. The number of hydrogen-bond acceptors (Lipinski definition) is 3. The Bertz CT molecular complexity index is 923. The molecule has 0 aliphatic carbocycles. The zero-order valence-corrected chi connectivity index (χ0v) is 16.1. The Balaban J connectivity index is 2.20. The lowest BCUT2D eigenvalue weighted by atomic mass is 9.76. The van der Waals surface area contributed by atoms with Gasteiger partial charge in [0.05, 0.1) is 7.11 Å². The van der Waals surface area contributed by atoms with Gasteiger partial charge in [0.15, 0.2) is 11.6 Å². The second-order valence-corrected chi connectivity index (χ2v) is 7.02. The third-order valence-corrected chi connectivity index (χ3v) is 5.40. The predicted molar refractivity (Wildman–Crippen MR) is 105 cm³/mol. The summed E-state index contributed by atoms with van der Waals surface area (Å²) in [6, 6.07) is 9.07. The van der Waals surface area contributed by atoms with Crippen molar-refractivity contribution >= 4 is 11.9 Å². The van der Waals surface area contributed by atoms with Gasteiger partial charge in [0.1, 0.15) is 5.75 Å². The number of allylic oxidation sites excluding steroid dienone is 2. The maximum atomic E-state index is 14.6. The molecule has 1 unspecified atom stereocenters. The van der Waals surface area contributed by atoms with Crippen molar-refractivity contribution in [2.45, 2.75) is 32.6 Å². The Morgan fingerprint density at radius 2 is 1.93 bits per heavy atom. The Kier molecular flexibility index (Phi) is 5.05. The van der Waals surface area contributed by atoms with E-state index in [1.807, 2.05) is 32.0 Å². The van der Waals surface area contributed by atoms with Crippen molar-refractivity contribution in [3.05, 3.63) is 70.4 Å². The summed E-state index contributed by atoms with van der Waals surface area (Å²) < 4.78 is 34.1. The number of aryl methyl sites for hydroxylation is 1. The molecule has 2 aromatic rings. The lowest BCUT2D eigenvalue weighted by Crippen LogP contribution is -2.31. The van der Waals surface area contributed by atoms with Gasteiger partial charge in [-0.3, -0.25) is 0 Å². The van der Waals surface area contributed by atoms with E-state index in [-0.39, 0.29) is 6.42 Å². The molecule has 1 atom stereocenters. The van der Waals surface area contributed by atoms with Gasteiger partial charge >= 0.3 is 0 Å². The molecule has 0 bridgehead atoms. The van der Waals surface area contributed by atoms with E-state index in [0.29, 0.717) is 23.4 Å². The van der Waals surface area contributed by atoms with Gasteiger partial charge in [-0.2, -0.15) is 0 Å². The van der Waals surface area contributed by atoms with Crippen molar-refractivity contribution < 1.29 is 13.5 Å². The van der Waals surface area contributed by atoms with Crippen LogP contribution in [-0.4, -0.2) is 19.9 Å². The number of anilines is 1. The van der Waals surface area contributed by atoms with E-state index in [4.69, 9.17) is 10.1 Å². The van der Waals surface area contributed by atoms with Crippen molar-refractivity contribution in [3.8, 4) is 5.75 Å². The lowest BCUT2D eigenvalue weighted by molar-refractivity contribution is 0.413. The molecule has 1 heterocycles. The standard InChI is InChI=1S/C22H24F2N2O/c1-5-26-18-9-8-16(27-4)12-17(18)22(3,19(26)10-11-25)13-15-7-6-14(2)20(23)21(15)24/h6-12,25H,5,13H2,1-4H3/b19-10-,25-11?. The number of fused-ring (bicyclic) bond motifs is 1. The number of benzene rings is 2. The second kappa shape index (κ2) is 7.14. The minimum absolute atomic E-state index is 0.284. The SMILES string of the molecule is CCN1/C(=C\C=N)C(C)(Cc2ccc(C)c(F)c2F)c2cc(OC)ccc21. The molecule has 1 N–H and O–H groups in total. The van der Waals surface area contributed by atoms with Gasteiger partial charge in [-0.1, -0.05) is 12.1 Å². The first kappa shape index (κ1) is 19.1. The number of likely N-dealkylation sites (N-methyl/N-ethyl adjacent to an activating group) is 1. The fourth-order valence-electron chi connectivity index (χ4n) is 3.97. The highest BCUT2D eigenvalue weighted by Gasteiger charge is 2.44. The van der Waals surface area contributed by atoms with Gasteiger partial charge in [0, 0.05) is 29.6 Å². The van der Waals surface area contributed by atoms with E-state index in [2.05, 4.69) is 4.90 Å². The third-order valence-electron chi connectivity index (χ3n) is 5.40. The van der Waals surface area contributed by atoms with Crippen LogP contribution in [0.5, 0.6) is 5.75 Å². The lowest BCUT2D eigenvalue weighted by Gasteiger charge is -2.30. The highest BCUT2D eigenvalue weighted by Crippen LogP contribution is 2.50. The van der Waals surface area contributed by atoms with Gasteiger partial charge in [0.2, 0.25) is 0 Å². The number of rotatable bonds is 5. The van der Waals surface area contributed by atoms with Crippen LogP contribution in [0, 0.1) is 24.0 Å². The van der Waals surface area contributed by atoms with Crippen LogP contribution in [0.4, 0.5) is 14.5 Å². The Morgan fingerprint density at radius 3 is 2.56 bits per heavy atom. The number of halogens is 2. The smallest absolute Gasteiger partial charge is 0.162 e. The zero-order valence-electron chi connectivity index (χ0n) is 16.1. The van der Waals surface area contributed by atoms with Gasteiger partial charge in [-0.25, -0.2) is 8.78 Å². The van der Waals surface area contributed by atoms with Crippen molar-refractivity contribution in [2.75, 3.05) is 18.6 Å². The molecule has 0 radical (unpaired) electrons. The first-order valence-electron chi connectivity index (χ1n) is 8.98. The normalized spacial score (nSPS) is 20.1. The average Bonchev–Trinajstić information content (AvgIpc) is 2.90. The van der Waals surface area contributed by atoms with Crippen molar-refractivity contribution in [2.24, 2.45) is 0 Å². The van der Waals surface area contributed by atoms with Gasteiger partial charge in [-0.15, -0.1) is 0 Å². The first-order valence-corrected chi connectivity index (χ1v) is 8.98. The molecular weight excluding hydrogens is 346 g/mol. The van der Waals surface area contributed by atoms with E-state index in [9.17, 15) is 8.78 Å². The molecule has 27 heavy (non-hydrogen) atoms. The largest absolute Gasteiger partial charge is 0.497 e. The fourth-order valence-corrected chi connectivity index (χ4v) is 3.97. The van der Waals surface area contributed by atoms with E-state index in [0.717, 1.165) is 16.9 Å². The van der Waals surface area contributed by atoms with Crippen molar-refractivity contribution in [1.82, 2.24) is 0 Å². The molecule has 0 spiro atoms. The molecule has 142 valence electrons. The molecule has 2 aromatic carbocycles. The minimum Gasteiger partial charge on any atom is -0.497 e. The summed E-state index contributed by atoms with van der Waals surface area (Å²) in [4.78, 5) is 2.11. The quantitative estimate of drug-likeness (QED) is 0.739. The number of methoxy groups -OCH3 is 1. The molecule has 0 amide bonds. The Labute approximate surface area is 158 Å². The predicted octanol–water partition coefficient (Wildman–Crippen LogP) is 5.16. The fraction of sp³-hybridized carbons (Fsp3) is 0.318. The summed E-state index contributed by atoms with van der Waals surface area (Å²) in [6.07, 6.45) is 3.26. The van der Waals surface area contributed by atoms with Crippen LogP contribution in [-0.2, 0) is 11.8 Å². The topological polar surface area (TPSA) is 36.3 Å². The molecular formula is C22H24F2N2O. The van der Waals surface area contributed by atoms with E-state index < -0.39 is 17.0 Å². The van der Waals surface area contributed by atoms with E-state index >= 15 is 0 Å². The third kappa shape index (κ3) is 3.01. The molecule has 0 fully saturated rings. The van der Waals surface area contributed by atoms with Gasteiger partial charge in [-0.05, 0) is 68.2 Å². The summed E-state index contributed by atoms with van der Waals surface area (Å²) in [5.74, 6) is -0.891. The number of nitrogens with one attached hydrogen (secondary N) is 1. The maximum Gasteiger partial charge on any atom is 0.162 e. The molecule has 1 aliphatic heterocycles. The minimum atomic E-state index is -0.801. The highest BCUT2D eigenvalue weighted by atomic mass is 19.2. The average molecular weight is 370 g/mol. The van der Waals surface area contributed by atoms with Crippen molar-refractivity contribution in [3.63, 3.8) is 0 Å². The van der Waals surface area contributed by atoms with Crippen molar-refractivity contribution in [1.29, 1.82) is 5.41 Å². The van der Waals surface area contributed by atoms with Gasteiger partial charge < -0.3 is 15.0 Å².